The number of carboxylic acid groups (broad SMARTS) is 1. The van der Waals surface area contributed by atoms with Crippen molar-refractivity contribution in [2.24, 2.45) is 5.92 Å². The van der Waals surface area contributed by atoms with Crippen LogP contribution >= 0.6 is 0 Å². The topological polar surface area (TPSA) is 43.8 Å². The molecule has 1 saturated heterocycles. The molecule has 15 heavy (non-hydrogen) atoms. The molecule has 0 aliphatic carbocycles. The zero-order valence-corrected chi connectivity index (χ0v) is 10.2. The van der Waals surface area contributed by atoms with Crippen LogP contribution in [0.2, 0.25) is 0 Å². The minimum Gasteiger partial charge on any atom is -0.481 e. The van der Waals surface area contributed by atoms with Gasteiger partial charge in [0.05, 0.1) is 5.92 Å². The Balaban J connectivity index is 2.81. The van der Waals surface area contributed by atoms with Crippen molar-refractivity contribution in [1.82, 2.24) is 9.80 Å². The summed E-state index contributed by atoms with van der Waals surface area (Å²) in [7, 11) is 2.01. The third-order valence-electron chi connectivity index (χ3n) is 3.41. The van der Waals surface area contributed by atoms with Gasteiger partial charge in [-0.1, -0.05) is 6.92 Å². The third-order valence-corrected chi connectivity index (χ3v) is 3.41. The third kappa shape index (κ3) is 2.92. The van der Waals surface area contributed by atoms with E-state index in [2.05, 4.69) is 30.6 Å². The molecule has 0 radical (unpaired) electrons. The minimum absolute atomic E-state index is 0.0558. The molecule has 0 amide bonds. The van der Waals surface area contributed by atoms with Gasteiger partial charge in [-0.05, 0) is 27.4 Å². The van der Waals surface area contributed by atoms with Gasteiger partial charge in [0.1, 0.15) is 0 Å². The smallest absolute Gasteiger partial charge is 0.309 e. The zero-order chi connectivity index (χ0) is 11.6. The first-order valence-electron chi connectivity index (χ1n) is 5.53. The summed E-state index contributed by atoms with van der Waals surface area (Å²) in [6.45, 7) is 9.57. The lowest BCUT2D eigenvalue weighted by Crippen LogP contribution is -2.47. The number of hydrogen-bond donors (Lipinski definition) is 1. The summed E-state index contributed by atoms with van der Waals surface area (Å²) in [6, 6.07) is 0. The molecule has 0 bridgehead atoms. The summed E-state index contributed by atoms with van der Waals surface area (Å²) in [5.74, 6) is -0.949. The van der Waals surface area contributed by atoms with Gasteiger partial charge in [-0.2, -0.15) is 0 Å². The predicted octanol–water partition coefficient (Wildman–Crippen LogP) is 0.733. The molecule has 0 saturated carbocycles. The van der Waals surface area contributed by atoms with Gasteiger partial charge in [-0.3, -0.25) is 9.69 Å². The van der Waals surface area contributed by atoms with Crippen LogP contribution in [0.5, 0.6) is 0 Å². The van der Waals surface area contributed by atoms with Crippen molar-refractivity contribution in [2.45, 2.75) is 26.3 Å². The Kier molecular flexibility index (Phi) is 3.73. The quantitative estimate of drug-likeness (QED) is 0.736. The van der Waals surface area contributed by atoms with Gasteiger partial charge in [0, 0.05) is 25.2 Å². The number of hydrogen-bond acceptors (Lipinski definition) is 3. The Labute approximate surface area is 91.9 Å². The Bertz CT molecular complexity index is 241. The summed E-state index contributed by atoms with van der Waals surface area (Å²) in [4.78, 5) is 15.5. The molecule has 0 spiro atoms. The van der Waals surface area contributed by atoms with Gasteiger partial charge in [-0.25, -0.2) is 0 Å². The highest BCUT2D eigenvalue weighted by Gasteiger charge is 2.34. The van der Waals surface area contributed by atoms with Crippen molar-refractivity contribution in [1.29, 1.82) is 0 Å². The van der Waals surface area contributed by atoms with E-state index in [1.165, 1.54) is 0 Å². The van der Waals surface area contributed by atoms with E-state index in [1.807, 2.05) is 7.05 Å². The lowest BCUT2D eigenvalue weighted by Gasteiger charge is -2.36. The van der Waals surface area contributed by atoms with Crippen LogP contribution in [0.1, 0.15) is 20.8 Å². The molecule has 1 rings (SSSR count). The highest BCUT2D eigenvalue weighted by molar-refractivity contribution is 5.70. The molecular formula is C11H22N2O2. The molecule has 1 atom stereocenters. The second-order valence-electron chi connectivity index (χ2n) is 5.06. The number of likely N-dealkylation sites (N-methyl/N-ethyl adjacent to an activating group) is 2. The largest absolute Gasteiger partial charge is 0.481 e. The summed E-state index contributed by atoms with van der Waals surface area (Å²) in [5, 5.41) is 9.11. The average Bonchev–Trinajstić information content (AvgIpc) is 2.24. The molecule has 0 aromatic rings. The van der Waals surface area contributed by atoms with E-state index in [1.54, 1.807) is 0 Å². The Morgan fingerprint density at radius 3 is 2.53 bits per heavy atom. The average molecular weight is 214 g/mol. The van der Waals surface area contributed by atoms with E-state index >= 15 is 0 Å². The van der Waals surface area contributed by atoms with E-state index in [0.717, 1.165) is 13.1 Å². The first kappa shape index (κ1) is 12.5. The maximum atomic E-state index is 11.1. The SMILES string of the molecule is CCN1CC(C(=O)O)CN(C)C(C)(C)C1. The van der Waals surface area contributed by atoms with Crippen molar-refractivity contribution in [2.75, 3.05) is 33.2 Å². The Morgan fingerprint density at radius 1 is 1.47 bits per heavy atom. The van der Waals surface area contributed by atoms with E-state index in [-0.39, 0.29) is 11.5 Å². The van der Waals surface area contributed by atoms with Crippen molar-refractivity contribution < 1.29 is 9.90 Å². The molecule has 4 nitrogen and oxygen atoms in total. The van der Waals surface area contributed by atoms with E-state index in [4.69, 9.17) is 5.11 Å². The van der Waals surface area contributed by atoms with Crippen LogP contribution in [0.25, 0.3) is 0 Å². The second kappa shape index (κ2) is 4.49. The van der Waals surface area contributed by atoms with E-state index in [9.17, 15) is 4.79 Å². The van der Waals surface area contributed by atoms with Crippen LogP contribution in [0.3, 0.4) is 0 Å². The van der Waals surface area contributed by atoms with Gasteiger partial charge in [-0.15, -0.1) is 0 Å². The highest BCUT2D eigenvalue weighted by Crippen LogP contribution is 2.21. The van der Waals surface area contributed by atoms with E-state index < -0.39 is 5.97 Å². The van der Waals surface area contributed by atoms with Crippen LogP contribution in [0.15, 0.2) is 0 Å². The van der Waals surface area contributed by atoms with Gasteiger partial charge in [0.25, 0.3) is 0 Å². The Morgan fingerprint density at radius 2 is 2.07 bits per heavy atom. The Hall–Kier alpha value is -0.610. The molecule has 1 aliphatic heterocycles. The monoisotopic (exact) mass is 214 g/mol. The molecule has 1 heterocycles. The second-order valence-corrected chi connectivity index (χ2v) is 5.06. The first-order chi connectivity index (χ1) is 6.86. The molecule has 1 N–H and O–H groups in total. The standard InChI is InChI=1S/C11H22N2O2/c1-5-13-7-9(10(14)15)6-12(4)11(2,3)8-13/h9H,5-8H2,1-4H3,(H,14,15). The molecule has 1 aliphatic rings. The zero-order valence-electron chi connectivity index (χ0n) is 10.2. The number of nitrogens with zero attached hydrogens (tertiary/aromatic N) is 2. The van der Waals surface area contributed by atoms with Gasteiger partial charge >= 0.3 is 5.97 Å². The molecule has 1 unspecified atom stereocenters. The molecule has 0 aromatic heterocycles. The van der Waals surface area contributed by atoms with Gasteiger partial charge in [0.15, 0.2) is 0 Å². The summed E-state index contributed by atoms with van der Waals surface area (Å²) >= 11 is 0. The lowest BCUT2D eigenvalue weighted by atomic mass is 10.0. The number of carbonyl (C=O) groups is 1. The van der Waals surface area contributed by atoms with Crippen molar-refractivity contribution in [3.63, 3.8) is 0 Å². The fraction of sp³-hybridized carbons (Fsp3) is 0.909. The lowest BCUT2D eigenvalue weighted by molar-refractivity contribution is -0.142. The van der Waals surface area contributed by atoms with Crippen LogP contribution in [-0.2, 0) is 4.79 Å². The van der Waals surface area contributed by atoms with Crippen molar-refractivity contribution >= 4 is 5.97 Å². The van der Waals surface area contributed by atoms with Crippen LogP contribution in [0, 0.1) is 5.92 Å². The van der Waals surface area contributed by atoms with Crippen molar-refractivity contribution in [3.8, 4) is 0 Å². The summed E-state index contributed by atoms with van der Waals surface area (Å²) in [5.41, 5.74) is 0.0558. The summed E-state index contributed by atoms with van der Waals surface area (Å²) < 4.78 is 0. The van der Waals surface area contributed by atoms with Crippen LogP contribution in [0.4, 0.5) is 0 Å². The fourth-order valence-electron chi connectivity index (χ4n) is 2.08. The number of carboxylic acids is 1. The van der Waals surface area contributed by atoms with Crippen LogP contribution < -0.4 is 0 Å². The number of rotatable bonds is 2. The highest BCUT2D eigenvalue weighted by atomic mass is 16.4. The molecule has 88 valence electrons. The molecule has 4 heteroatoms. The fourth-order valence-corrected chi connectivity index (χ4v) is 2.08. The van der Waals surface area contributed by atoms with Gasteiger partial charge in [0.2, 0.25) is 0 Å². The maximum Gasteiger partial charge on any atom is 0.309 e. The maximum absolute atomic E-state index is 11.1. The summed E-state index contributed by atoms with van der Waals surface area (Å²) in [6.07, 6.45) is 0. The predicted molar refractivity (Wildman–Crippen MR) is 59.9 cm³/mol. The van der Waals surface area contributed by atoms with Crippen molar-refractivity contribution in [3.05, 3.63) is 0 Å². The number of aliphatic carboxylic acids is 1. The first-order valence-corrected chi connectivity index (χ1v) is 5.53. The van der Waals surface area contributed by atoms with Gasteiger partial charge < -0.3 is 10.0 Å². The van der Waals surface area contributed by atoms with E-state index in [0.29, 0.717) is 13.1 Å². The molecule has 0 aromatic carbocycles. The molecule has 1 fully saturated rings. The molecular weight excluding hydrogens is 192 g/mol. The minimum atomic E-state index is -0.682. The normalized spacial score (nSPS) is 28.7. The van der Waals surface area contributed by atoms with Crippen LogP contribution in [-0.4, -0.2) is 59.6 Å².